The number of unbranched alkanes of at least 4 members (excludes halogenated alkanes) is 4. The Balaban J connectivity index is 1.77. The molecule has 0 radical (unpaired) electrons. The van der Waals surface area contributed by atoms with E-state index in [-0.39, 0.29) is 12.1 Å². The normalized spacial score (nSPS) is 15.4. The molecular weight excluding hydrogens is 392 g/mol. The molecule has 2 aromatic rings. The number of methoxy groups -OCH3 is 2. The number of fused-ring (bicyclic) bond motifs is 1. The molecule has 1 aliphatic heterocycles. The maximum absolute atomic E-state index is 13.2. The van der Waals surface area contributed by atoms with Gasteiger partial charge in [0.25, 0.3) is 5.91 Å². The molecule has 3 rings (SSSR count). The highest BCUT2D eigenvalue weighted by Gasteiger charge is 2.32. The number of ether oxygens (including phenoxy) is 3. The van der Waals surface area contributed by atoms with Gasteiger partial charge < -0.3 is 24.4 Å². The maximum atomic E-state index is 13.2. The first-order valence-corrected chi connectivity index (χ1v) is 11.2. The quantitative estimate of drug-likeness (QED) is 0.469. The van der Waals surface area contributed by atoms with Crippen LogP contribution in [0.15, 0.2) is 42.5 Å². The number of rotatable bonds is 12. The van der Waals surface area contributed by atoms with Gasteiger partial charge in [0.05, 0.1) is 25.9 Å². The van der Waals surface area contributed by atoms with Crippen LogP contribution in [0.25, 0.3) is 0 Å². The van der Waals surface area contributed by atoms with Crippen LogP contribution in [0.1, 0.15) is 61.1 Å². The number of nitrogens with zero attached hydrogens (tertiary/aromatic N) is 1. The second kappa shape index (κ2) is 11.6. The maximum Gasteiger partial charge on any atom is 0.257 e. The molecule has 1 N–H and O–H groups in total. The summed E-state index contributed by atoms with van der Waals surface area (Å²) in [6.07, 6.45) is 5.65. The molecule has 1 unspecified atom stereocenters. The smallest absolute Gasteiger partial charge is 0.257 e. The highest BCUT2D eigenvalue weighted by molar-refractivity contribution is 6.01. The first-order valence-electron chi connectivity index (χ1n) is 11.2. The minimum absolute atomic E-state index is 0.0113. The van der Waals surface area contributed by atoms with Gasteiger partial charge in [-0.1, -0.05) is 50.8 Å². The Hall–Kier alpha value is -2.73. The Morgan fingerprint density at radius 1 is 0.968 bits per heavy atom. The van der Waals surface area contributed by atoms with Crippen molar-refractivity contribution in [2.45, 2.75) is 45.2 Å². The van der Waals surface area contributed by atoms with Crippen molar-refractivity contribution in [2.75, 3.05) is 39.3 Å². The van der Waals surface area contributed by atoms with E-state index in [2.05, 4.69) is 12.2 Å². The standard InChI is InChI=1S/C25H34N2O4/c1-4-5-6-7-10-16-31-22-14-13-19(18-23(22)30-3)24-26-21-12-9-8-11-20(21)25(28)27(24)15-17-29-2/h8-9,11-14,18,24,26H,4-7,10,15-17H2,1-3H3. The lowest BCUT2D eigenvalue weighted by Gasteiger charge is -2.38. The highest BCUT2D eigenvalue weighted by atomic mass is 16.5. The molecule has 0 fully saturated rings. The zero-order valence-corrected chi connectivity index (χ0v) is 18.9. The molecule has 0 aliphatic carbocycles. The number of anilines is 1. The van der Waals surface area contributed by atoms with Gasteiger partial charge in [0, 0.05) is 19.3 Å². The second-order valence-electron chi connectivity index (χ2n) is 7.76. The van der Waals surface area contributed by atoms with Crippen LogP contribution >= 0.6 is 0 Å². The van der Waals surface area contributed by atoms with E-state index in [9.17, 15) is 4.79 Å². The van der Waals surface area contributed by atoms with Crippen LogP contribution in [0.5, 0.6) is 11.5 Å². The molecule has 2 aromatic carbocycles. The zero-order valence-electron chi connectivity index (χ0n) is 18.9. The van der Waals surface area contributed by atoms with Crippen LogP contribution in [0.4, 0.5) is 5.69 Å². The summed E-state index contributed by atoms with van der Waals surface area (Å²) in [6, 6.07) is 13.5. The molecular formula is C25H34N2O4. The molecule has 31 heavy (non-hydrogen) atoms. The third-order valence-electron chi connectivity index (χ3n) is 5.57. The number of carbonyl (C=O) groups excluding carboxylic acids is 1. The number of hydrogen-bond acceptors (Lipinski definition) is 5. The predicted molar refractivity (Wildman–Crippen MR) is 123 cm³/mol. The molecule has 0 aromatic heterocycles. The van der Waals surface area contributed by atoms with Gasteiger partial charge in [0.15, 0.2) is 11.5 Å². The van der Waals surface area contributed by atoms with Crippen LogP contribution in [-0.2, 0) is 4.74 Å². The van der Waals surface area contributed by atoms with Gasteiger partial charge in [0.2, 0.25) is 0 Å². The third kappa shape index (κ3) is 5.70. The van der Waals surface area contributed by atoms with Crippen LogP contribution in [0.2, 0.25) is 0 Å². The van der Waals surface area contributed by atoms with Gasteiger partial charge in [-0.25, -0.2) is 0 Å². The fourth-order valence-electron chi connectivity index (χ4n) is 3.84. The molecule has 0 saturated heterocycles. The van der Waals surface area contributed by atoms with Gasteiger partial charge in [-0.3, -0.25) is 4.79 Å². The Morgan fingerprint density at radius 3 is 2.55 bits per heavy atom. The Morgan fingerprint density at radius 2 is 1.77 bits per heavy atom. The van der Waals surface area contributed by atoms with E-state index in [1.165, 1.54) is 25.7 Å². The molecule has 1 aliphatic rings. The molecule has 1 heterocycles. The van der Waals surface area contributed by atoms with Gasteiger partial charge in [0.1, 0.15) is 6.17 Å². The summed E-state index contributed by atoms with van der Waals surface area (Å²) in [7, 11) is 3.28. The number of hydrogen-bond donors (Lipinski definition) is 1. The van der Waals surface area contributed by atoms with Crippen molar-refractivity contribution in [1.82, 2.24) is 4.90 Å². The highest BCUT2D eigenvalue weighted by Crippen LogP contribution is 2.36. The van der Waals surface area contributed by atoms with Crippen molar-refractivity contribution in [3.05, 3.63) is 53.6 Å². The molecule has 1 amide bonds. The van der Waals surface area contributed by atoms with Crippen molar-refractivity contribution in [2.24, 2.45) is 0 Å². The fourth-order valence-corrected chi connectivity index (χ4v) is 3.84. The zero-order chi connectivity index (χ0) is 22.1. The summed E-state index contributed by atoms with van der Waals surface area (Å²) in [5, 5.41) is 3.50. The Kier molecular flexibility index (Phi) is 8.59. The van der Waals surface area contributed by atoms with Crippen LogP contribution in [0, 0.1) is 0 Å². The van der Waals surface area contributed by atoms with Crippen LogP contribution < -0.4 is 14.8 Å². The van der Waals surface area contributed by atoms with Crippen molar-refractivity contribution in [1.29, 1.82) is 0 Å². The largest absolute Gasteiger partial charge is 0.493 e. The van der Waals surface area contributed by atoms with Gasteiger partial charge in [-0.2, -0.15) is 0 Å². The summed E-state index contributed by atoms with van der Waals surface area (Å²) in [4.78, 5) is 15.0. The number of para-hydroxylation sites is 1. The Bertz CT molecular complexity index is 855. The number of carbonyl (C=O) groups is 1. The fraction of sp³-hybridized carbons (Fsp3) is 0.480. The summed E-state index contributed by atoms with van der Waals surface area (Å²) < 4.78 is 16.8. The van der Waals surface area contributed by atoms with Gasteiger partial charge in [-0.15, -0.1) is 0 Å². The number of nitrogens with one attached hydrogen (secondary N) is 1. The van der Waals surface area contributed by atoms with Crippen LogP contribution in [0.3, 0.4) is 0 Å². The first-order chi connectivity index (χ1) is 15.2. The van der Waals surface area contributed by atoms with E-state index in [0.29, 0.717) is 31.1 Å². The summed E-state index contributed by atoms with van der Waals surface area (Å²) in [6.45, 7) is 3.84. The monoisotopic (exact) mass is 426 g/mol. The second-order valence-corrected chi connectivity index (χ2v) is 7.76. The lowest BCUT2D eigenvalue weighted by molar-refractivity contribution is 0.0609. The number of benzene rings is 2. The molecule has 6 heteroatoms. The van der Waals surface area contributed by atoms with E-state index < -0.39 is 0 Å². The summed E-state index contributed by atoms with van der Waals surface area (Å²) >= 11 is 0. The molecule has 1 atom stereocenters. The first kappa shape index (κ1) is 22.9. The summed E-state index contributed by atoms with van der Waals surface area (Å²) in [5.74, 6) is 1.39. The van der Waals surface area contributed by atoms with E-state index >= 15 is 0 Å². The Labute approximate surface area is 185 Å². The van der Waals surface area contributed by atoms with E-state index in [1.807, 2.05) is 42.5 Å². The lowest BCUT2D eigenvalue weighted by Crippen LogP contribution is -2.44. The van der Waals surface area contributed by atoms with E-state index in [4.69, 9.17) is 14.2 Å². The van der Waals surface area contributed by atoms with Crippen molar-refractivity contribution < 1.29 is 19.0 Å². The van der Waals surface area contributed by atoms with E-state index in [1.54, 1.807) is 19.1 Å². The molecule has 0 bridgehead atoms. The predicted octanol–water partition coefficient (Wildman–Crippen LogP) is 5.26. The average Bonchev–Trinajstić information content (AvgIpc) is 2.80. The third-order valence-corrected chi connectivity index (χ3v) is 5.57. The number of amides is 1. The van der Waals surface area contributed by atoms with E-state index in [0.717, 1.165) is 23.4 Å². The minimum Gasteiger partial charge on any atom is -0.493 e. The summed E-state index contributed by atoms with van der Waals surface area (Å²) in [5.41, 5.74) is 2.44. The van der Waals surface area contributed by atoms with Crippen molar-refractivity contribution in [3.8, 4) is 11.5 Å². The molecule has 0 saturated carbocycles. The molecule has 168 valence electrons. The lowest BCUT2D eigenvalue weighted by atomic mass is 10.0. The topological polar surface area (TPSA) is 60.0 Å². The SMILES string of the molecule is CCCCCCCOc1ccc(C2Nc3ccccc3C(=O)N2CCOC)cc1OC. The molecule has 0 spiro atoms. The van der Waals surface area contributed by atoms with Crippen molar-refractivity contribution in [3.63, 3.8) is 0 Å². The minimum atomic E-state index is -0.311. The van der Waals surface area contributed by atoms with Gasteiger partial charge in [-0.05, 0) is 36.2 Å². The van der Waals surface area contributed by atoms with Crippen molar-refractivity contribution >= 4 is 11.6 Å². The molecule has 6 nitrogen and oxygen atoms in total. The van der Waals surface area contributed by atoms with Crippen LogP contribution in [-0.4, -0.2) is 44.8 Å². The van der Waals surface area contributed by atoms with Gasteiger partial charge >= 0.3 is 0 Å². The average molecular weight is 427 g/mol.